The Morgan fingerprint density at radius 2 is 1.83 bits per heavy atom. The van der Waals surface area contributed by atoms with Crippen LogP contribution < -0.4 is 5.73 Å². The second-order valence-electron chi connectivity index (χ2n) is 4.97. The Labute approximate surface area is 116 Å². The summed E-state index contributed by atoms with van der Waals surface area (Å²) >= 11 is 1.89. The summed E-state index contributed by atoms with van der Waals surface area (Å²) in [6, 6.07) is 11.6. The lowest BCUT2D eigenvalue weighted by Gasteiger charge is -2.36. The van der Waals surface area contributed by atoms with Crippen molar-refractivity contribution in [3.8, 4) is 0 Å². The number of nitrogens with two attached hydrogens (primary N) is 1. The van der Waals surface area contributed by atoms with E-state index in [0.29, 0.717) is 24.5 Å². The van der Waals surface area contributed by atoms with E-state index in [1.54, 1.807) is 0 Å². The second kappa shape index (κ2) is 7.82. The third-order valence-corrected chi connectivity index (χ3v) is 4.59. The molecule has 3 atom stereocenters. The van der Waals surface area contributed by atoms with E-state index >= 15 is 0 Å². The molecule has 0 saturated heterocycles. The van der Waals surface area contributed by atoms with Gasteiger partial charge >= 0.3 is 0 Å². The predicted octanol–water partition coefficient (Wildman–Crippen LogP) is 2.80. The monoisotopic (exact) mass is 266 g/mol. The zero-order valence-corrected chi connectivity index (χ0v) is 12.8. The summed E-state index contributed by atoms with van der Waals surface area (Å²) in [5.74, 6) is 1.61. The molecule has 0 aromatic heterocycles. The van der Waals surface area contributed by atoms with E-state index in [1.165, 1.54) is 5.56 Å². The van der Waals surface area contributed by atoms with E-state index in [-0.39, 0.29) is 0 Å². The minimum absolute atomic E-state index is 0.398. The average Bonchev–Trinajstić information content (AvgIpc) is 2.40. The first-order valence-electron chi connectivity index (χ1n) is 6.57. The van der Waals surface area contributed by atoms with Crippen LogP contribution >= 0.6 is 11.8 Å². The van der Waals surface area contributed by atoms with Gasteiger partial charge in [-0.25, -0.2) is 0 Å². The first kappa shape index (κ1) is 15.5. The zero-order chi connectivity index (χ0) is 13.5. The van der Waals surface area contributed by atoms with Crippen LogP contribution in [0.3, 0.4) is 0 Å². The summed E-state index contributed by atoms with van der Waals surface area (Å²) < 4.78 is 0. The second-order valence-corrected chi connectivity index (χ2v) is 5.88. The fraction of sp³-hybridized carbons (Fsp3) is 0.600. The van der Waals surface area contributed by atoms with Gasteiger partial charge in [0.2, 0.25) is 0 Å². The van der Waals surface area contributed by atoms with E-state index in [2.05, 4.69) is 62.4 Å². The van der Waals surface area contributed by atoms with Crippen LogP contribution in [0.1, 0.15) is 25.3 Å². The highest BCUT2D eigenvalue weighted by Gasteiger charge is 2.24. The molecule has 2 N–H and O–H groups in total. The first-order valence-corrected chi connectivity index (χ1v) is 7.97. The summed E-state index contributed by atoms with van der Waals surface area (Å²) in [5.41, 5.74) is 7.37. The van der Waals surface area contributed by atoms with E-state index in [4.69, 9.17) is 5.73 Å². The minimum Gasteiger partial charge on any atom is -0.329 e. The Balaban J connectivity index is 2.76. The van der Waals surface area contributed by atoms with Crippen molar-refractivity contribution in [2.24, 2.45) is 5.73 Å². The van der Waals surface area contributed by atoms with Gasteiger partial charge < -0.3 is 5.73 Å². The Morgan fingerprint density at radius 3 is 2.33 bits per heavy atom. The molecule has 3 unspecified atom stereocenters. The Hall–Kier alpha value is -0.510. The summed E-state index contributed by atoms with van der Waals surface area (Å²) in [5, 5.41) is 0. The smallest absolute Gasteiger partial charge is 0.0284 e. The minimum atomic E-state index is 0.398. The number of hydrogen-bond donors (Lipinski definition) is 1. The van der Waals surface area contributed by atoms with Crippen molar-refractivity contribution in [2.75, 3.05) is 25.6 Å². The molecule has 0 radical (unpaired) electrons. The molecule has 0 spiro atoms. The van der Waals surface area contributed by atoms with Gasteiger partial charge in [-0.3, -0.25) is 4.90 Å². The van der Waals surface area contributed by atoms with E-state index in [1.807, 2.05) is 11.8 Å². The van der Waals surface area contributed by atoms with Crippen LogP contribution in [0.5, 0.6) is 0 Å². The topological polar surface area (TPSA) is 29.3 Å². The van der Waals surface area contributed by atoms with Crippen molar-refractivity contribution >= 4 is 11.8 Å². The molecule has 1 aromatic carbocycles. The van der Waals surface area contributed by atoms with Gasteiger partial charge in [0.15, 0.2) is 0 Å². The van der Waals surface area contributed by atoms with Crippen molar-refractivity contribution in [3.63, 3.8) is 0 Å². The van der Waals surface area contributed by atoms with Crippen molar-refractivity contribution in [2.45, 2.75) is 31.8 Å². The fourth-order valence-corrected chi connectivity index (χ4v) is 3.11. The Kier molecular flexibility index (Phi) is 6.76. The molecule has 0 heterocycles. The fourth-order valence-electron chi connectivity index (χ4n) is 2.39. The standard InChI is InChI=1S/C15H26N2S/c1-12(11-18-4)17(3)15(10-16)13(2)14-8-6-5-7-9-14/h5-9,12-13,15H,10-11,16H2,1-4H3. The molecular formula is C15H26N2S. The quantitative estimate of drug-likeness (QED) is 0.823. The van der Waals surface area contributed by atoms with Gasteiger partial charge in [-0.05, 0) is 31.7 Å². The lowest BCUT2D eigenvalue weighted by Crippen LogP contribution is -2.46. The molecule has 0 aliphatic rings. The van der Waals surface area contributed by atoms with Gasteiger partial charge in [0.1, 0.15) is 0 Å². The molecule has 18 heavy (non-hydrogen) atoms. The number of nitrogens with zero attached hydrogens (tertiary/aromatic N) is 1. The van der Waals surface area contributed by atoms with Crippen molar-refractivity contribution in [3.05, 3.63) is 35.9 Å². The van der Waals surface area contributed by atoms with Gasteiger partial charge in [0.05, 0.1) is 0 Å². The van der Waals surface area contributed by atoms with Crippen LogP contribution in [0.25, 0.3) is 0 Å². The SMILES string of the molecule is CSCC(C)N(C)C(CN)C(C)c1ccccc1. The molecule has 0 aliphatic carbocycles. The highest BCUT2D eigenvalue weighted by molar-refractivity contribution is 7.98. The summed E-state index contributed by atoms with van der Waals surface area (Å²) in [6.07, 6.45) is 2.16. The van der Waals surface area contributed by atoms with Gasteiger partial charge in [-0.15, -0.1) is 0 Å². The number of likely N-dealkylation sites (N-methyl/N-ethyl adjacent to an activating group) is 1. The molecule has 0 bridgehead atoms. The average molecular weight is 266 g/mol. The summed E-state index contributed by atoms with van der Waals surface area (Å²) in [7, 11) is 2.19. The van der Waals surface area contributed by atoms with Crippen LogP contribution in [-0.4, -0.2) is 42.6 Å². The maximum atomic E-state index is 6.00. The third kappa shape index (κ3) is 4.01. The summed E-state index contributed by atoms with van der Waals surface area (Å²) in [4.78, 5) is 2.42. The van der Waals surface area contributed by atoms with Gasteiger partial charge in [-0.1, -0.05) is 37.3 Å². The molecular weight excluding hydrogens is 240 g/mol. The molecule has 102 valence electrons. The Bertz CT molecular complexity index is 329. The molecule has 3 heteroatoms. The van der Waals surface area contributed by atoms with Crippen LogP contribution in [-0.2, 0) is 0 Å². The predicted molar refractivity (Wildman–Crippen MR) is 83.3 cm³/mol. The van der Waals surface area contributed by atoms with Crippen LogP contribution in [0.2, 0.25) is 0 Å². The molecule has 0 amide bonds. The third-order valence-electron chi connectivity index (χ3n) is 3.77. The van der Waals surface area contributed by atoms with E-state index < -0.39 is 0 Å². The van der Waals surface area contributed by atoms with Gasteiger partial charge in [0.25, 0.3) is 0 Å². The number of rotatable bonds is 7. The molecule has 1 aromatic rings. The van der Waals surface area contributed by atoms with Gasteiger partial charge in [0, 0.05) is 24.4 Å². The largest absolute Gasteiger partial charge is 0.329 e. The number of benzene rings is 1. The van der Waals surface area contributed by atoms with Crippen LogP contribution in [0, 0.1) is 0 Å². The summed E-state index contributed by atoms with van der Waals surface area (Å²) in [6.45, 7) is 5.25. The molecule has 0 aliphatic heterocycles. The maximum absolute atomic E-state index is 6.00. The molecule has 0 saturated carbocycles. The highest BCUT2D eigenvalue weighted by atomic mass is 32.2. The normalized spacial score (nSPS) is 16.6. The van der Waals surface area contributed by atoms with Crippen LogP contribution in [0.15, 0.2) is 30.3 Å². The molecule has 2 nitrogen and oxygen atoms in total. The maximum Gasteiger partial charge on any atom is 0.0284 e. The van der Waals surface area contributed by atoms with Gasteiger partial charge in [-0.2, -0.15) is 11.8 Å². The molecule has 0 fully saturated rings. The van der Waals surface area contributed by atoms with E-state index in [9.17, 15) is 0 Å². The van der Waals surface area contributed by atoms with Crippen molar-refractivity contribution in [1.82, 2.24) is 4.90 Å². The van der Waals surface area contributed by atoms with Crippen molar-refractivity contribution < 1.29 is 0 Å². The molecule has 1 rings (SSSR count). The van der Waals surface area contributed by atoms with Crippen molar-refractivity contribution in [1.29, 1.82) is 0 Å². The highest BCUT2D eigenvalue weighted by Crippen LogP contribution is 2.23. The van der Waals surface area contributed by atoms with Crippen LogP contribution in [0.4, 0.5) is 0 Å². The number of thioether (sulfide) groups is 1. The van der Waals surface area contributed by atoms with E-state index in [0.717, 1.165) is 5.75 Å². The zero-order valence-electron chi connectivity index (χ0n) is 12.0. The lowest BCUT2D eigenvalue weighted by molar-refractivity contribution is 0.181. The lowest BCUT2D eigenvalue weighted by atomic mass is 9.92. The number of hydrogen-bond acceptors (Lipinski definition) is 3. The first-order chi connectivity index (χ1) is 8.61. The Morgan fingerprint density at radius 1 is 1.22 bits per heavy atom.